The summed E-state index contributed by atoms with van der Waals surface area (Å²) in [5.41, 5.74) is 0.797. The molecule has 33 heavy (non-hydrogen) atoms. The molecule has 3 aromatic rings. The number of aromatic nitrogens is 4. The number of carbonyl (C=O) groups excluding carboxylic acids is 1. The lowest BCUT2D eigenvalue weighted by atomic mass is 9.78. The van der Waals surface area contributed by atoms with Gasteiger partial charge in [-0.1, -0.05) is 12.1 Å². The lowest BCUT2D eigenvalue weighted by molar-refractivity contribution is 0.0148. The topological polar surface area (TPSA) is 77.2 Å². The van der Waals surface area contributed by atoms with Crippen molar-refractivity contribution in [1.82, 2.24) is 19.6 Å². The number of anilines is 2. The third-order valence-corrected chi connectivity index (χ3v) is 6.25. The van der Waals surface area contributed by atoms with E-state index in [2.05, 4.69) is 15.5 Å². The predicted octanol–water partition coefficient (Wildman–Crippen LogP) is 4.59. The highest BCUT2D eigenvalue weighted by atomic mass is 35.5. The average Bonchev–Trinajstić information content (AvgIpc) is 3.48. The van der Waals surface area contributed by atoms with Gasteiger partial charge in [-0.15, -0.1) is 24.8 Å². The lowest BCUT2D eigenvalue weighted by Crippen LogP contribution is -2.39. The Kier molecular flexibility index (Phi) is 7.54. The number of hydrogen-bond donors (Lipinski definition) is 1. The van der Waals surface area contributed by atoms with Gasteiger partial charge in [-0.25, -0.2) is 13.9 Å². The fourth-order valence-corrected chi connectivity index (χ4v) is 4.48. The summed E-state index contributed by atoms with van der Waals surface area (Å²) >= 11 is 0. The van der Waals surface area contributed by atoms with Crippen LogP contribution < -0.4 is 10.2 Å². The molecule has 8 nitrogen and oxygen atoms in total. The maximum Gasteiger partial charge on any atom is 0.415 e. The second-order valence-corrected chi connectivity index (χ2v) is 8.43. The van der Waals surface area contributed by atoms with Gasteiger partial charge in [0.15, 0.2) is 0 Å². The Bertz CT molecular complexity index is 1100. The van der Waals surface area contributed by atoms with Gasteiger partial charge in [-0.3, -0.25) is 9.58 Å². The Morgan fingerprint density at radius 1 is 1.21 bits per heavy atom. The Morgan fingerprint density at radius 3 is 2.67 bits per heavy atom. The third-order valence-electron chi connectivity index (χ3n) is 6.25. The number of amides is 1. The zero-order valence-corrected chi connectivity index (χ0v) is 19.8. The first-order valence-corrected chi connectivity index (χ1v) is 10.5. The van der Waals surface area contributed by atoms with Crippen LogP contribution in [0.1, 0.15) is 25.7 Å². The van der Waals surface area contributed by atoms with Crippen molar-refractivity contribution in [2.75, 3.05) is 23.3 Å². The molecule has 1 aromatic carbocycles. The van der Waals surface area contributed by atoms with Gasteiger partial charge in [-0.05, 0) is 43.7 Å². The summed E-state index contributed by atoms with van der Waals surface area (Å²) < 4.78 is 23.0. The van der Waals surface area contributed by atoms with Crippen molar-refractivity contribution < 1.29 is 13.9 Å². The molecular formula is C22H27Cl2FN6O2. The average molecular weight is 497 g/mol. The number of nitrogens with zero attached hydrogens (tertiary/aromatic N) is 5. The van der Waals surface area contributed by atoms with Gasteiger partial charge >= 0.3 is 6.09 Å². The smallest absolute Gasteiger partial charge is 0.415 e. The number of halogens is 3. The van der Waals surface area contributed by atoms with E-state index in [1.807, 2.05) is 19.3 Å². The third kappa shape index (κ3) is 5.09. The van der Waals surface area contributed by atoms with Gasteiger partial charge in [-0.2, -0.15) is 10.2 Å². The van der Waals surface area contributed by atoms with Crippen LogP contribution in [0.5, 0.6) is 0 Å². The van der Waals surface area contributed by atoms with Crippen LogP contribution in [0.15, 0.2) is 48.9 Å². The Balaban J connectivity index is 0.00000153. The summed E-state index contributed by atoms with van der Waals surface area (Å²) in [6.07, 6.45) is 8.60. The fourth-order valence-electron chi connectivity index (χ4n) is 4.48. The van der Waals surface area contributed by atoms with E-state index < -0.39 is 5.60 Å². The van der Waals surface area contributed by atoms with E-state index in [0.717, 1.165) is 43.7 Å². The first-order valence-electron chi connectivity index (χ1n) is 10.5. The van der Waals surface area contributed by atoms with Crippen LogP contribution in [-0.4, -0.2) is 44.3 Å². The number of para-hydroxylation sites is 1. The summed E-state index contributed by atoms with van der Waals surface area (Å²) in [7, 11) is 1.83. The quantitative estimate of drug-likeness (QED) is 0.558. The molecule has 2 aliphatic rings. The SMILES string of the molecule is Cl.Cl.Cn1cc(N2C[C@]3(CC[C@@H](CNc4ccn(-c5ccccc5F)n4)CC3)OC2=O)cn1. The van der Waals surface area contributed by atoms with Gasteiger partial charge < -0.3 is 10.1 Å². The van der Waals surface area contributed by atoms with E-state index in [0.29, 0.717) is 18.2 Å². The van der Waals surface area contributed by atoms with Crippen LogP contribution in [0.25, 0.3) is 5.69 Å². The van der Waals surface area contributed by atoms with Crippen LogP contribution in [0.2, 0.25) is 0 Å². The number of nitrogens with one attached hydrogen (secondary N) is 1. The molecule has 1 aliphatic carbocycles. The van der Waals surface area contributed by atoms with Crippen LogP contribution >= 0.6 is 24.8 Å². The molecular weight excluding hydrogens is 470 g/mol. The lowest BCUT2D eigenvalue weighted by Gasteiger charge is -2.35. The van der Waals surface area contributed by atoms with E-state index in [1.54, 1.807) is 44.9 Å². The number of carbonyl (C=O) groups is 1. The highest BCUT2D eigenvalue weighted by molar-refractivity contribution is 5.90. The standard InChI is InChI=1S/C22H25FN6O2.2ClH/c1-27-14-17(13-25-27)28-15-22(31-21(28)30)9-6-16(7-10-22)12-24-20-8-11-29(26-20)19-5-3-2-4-18(19)23;;/h2-5,8,11,13-14,16H,6-7,9-10,12,15H2,1H3,(H,24,26);2*1H/t16-,22-;;. The maximum absolute atomic E-state index is 13.9. The number of hydrogen-bond acceptors (Lipinski definition) is 5. The van der Waals surface area contributed by atoms with Gasteiger partial charge in [0.1, 0.15) is 22.9 Å². The molecule has 11 heteroatoms. The van der Waals surface area contributed by atoms with Crippen molar-refractivity contribution in [2.45, 2.75) is 31.3 Å². The van der Waals surface area contributed by atoms with Crippen molar-refractivity contribution in [3.8, 4) is 5.69 Å². The number of aryl methyl sites for hydroxylation is 1. The van der Waals surface area contributed by atoms with Crippen molar-refractivity contribution in [3.63, 3.8) is 0 Å². The van der Waals surface area contributed by atoms with Crippen LogP contribution in [0.4, 0.5) is 20.7 Å². The van der Waals surface area contributed by atoms with Gasteiger partial charge in [0.05, 0.1) is 18.4 Å². The fraction of sp³-hybridized carbons (Fsp3) is 0.409. The zero-order chi connectivity index (χ0) is 21.4. The van der Waals surface area contributed by atoms with E-state index >= 15 is 0 Å². The zero-order valence-electron chi connectivity index (χ0n) is 18.2. The summed E-state index contributed by atoms with van der Waals surface area (Å²) in [5.74, 6) is 0.884. The number of ether oxygens (including phenoxy) is 1. The molecule has 1 saturated heterocycles. The maximum atomic E-state index is 13.9. The highest BCUT2D eigenvalue weighted by Gasteiger charge is 2.47. The van der Waals surface area contributed by atoms with E-state index in [4.69, 9.17) is 4.74 Å². The van der Waals surface area contributed by atoms with Crippen LogP contribution in [-0.2, 0) is 11.8 Å². The van der Waals surface area contributed by atoms with Crippen molar-refractivity contribution >= 4 is 42.4 Å². The number of rotatable bonds is 5. The van der Waals surface area contributed by atoms with E-state index in [1.165, 1.54) is 6.07 Å². The summed E-state index contributed by atoms with van der Waals surface area (Å²) in [6.45, 7) is 1.36. The second kappa shape index (κ2) is 10.0. The normalized spacial score (nSPS) is 21.9. The van der Waals surface area contributed by atoms with Crippen molar-refractivity contribution in [3.05, 3.63) is 54.7 Å². The molecule has 1 amide bonds. The Morgan fingerprint density at radius 2 is 1.97 bits per heavy atom. The monoisotopic (exact) mass is 496 g/mol. The van der Waals surface area contributed by atoms with Gasteiger partial charge in [0.25, 0.3) is 0 Å². The molecule has 5 rings (SSSR count). The number of benzene rings is 1. The van der Waals surface area contributed by atoms with Gasteiger partial charge in [0, 0.05) is 32.1 Å². The molecule has 178 valence electrons. The molecule has 0 bridgehead atoms. The minimum Gasteiger partial charge on any atom is -0.441 e. The summed E-state index contributed by atoms with van der Waals surface area (Å²) in [6, 6.07) is 8.42. The molecule has 1 saturated carbocycles. The van der Waals surface area contributed by atoms with E-state index in [-0.39, 0.29) is 36.7 Å². The van der Waals surface area contributed by atoms with Gasteiger partial charge in [0.2, 0.25) is 0 Å². The molecule has 0 unspecified atom stereocenters. The molecule has 1 N–H and O–H groups in total. The molecule has 0 radical (unpaired) electrons. The summed E-state index contributed by atoms with van der Waals surface area (Å²) in [4.78, 5) is 14.1. The predicted molar refractivity (Wildman–Crippen MR) is 128 cm³/mol. The Hall–Kier alpha value is -2.78. The Labute approximate surface area is 203 Å². The van der Waals surface area contributed by atoms with Crippen molar-refractivity contribution in [2.24, 2.45) is 13.0 Å². The highest BCUT2D eigenvalue weighted by Crippen LogP contribution is 2.40. The summed E-state index contributed by atoms with van der Waals surface area (Å²) in [5, 5.41) is 12.0. The minimum absolute atomic E-state index is 0. The van der Waals surface area contributed by atoms with Crippen LogP contribution in [0, 0.1) is 11.7 Å². The first kappa shape index (κ1) is 24.9. The largest absolute Gasteiger partial charge is 0.441 e. The van der Waals surface area contributed by atoms with E-state index in [9.17, 15) is 9.18 Å². The molecule has 2 fully saturated rings. The molecule has 1 spiro atoms. The molecule has 0 atom stereocenters. The van der Waals surface area contributed by atoms with Crippen molar-refractivity contribution in [1.29, 1.82) is 0 Å². The van der Waals surface area contributed by atoms with Crippen LogP contribution in [0.3, 0.4) is 0 Å². The molecule has 1 aliphatic heterocycles. The minimum atomic E-state index is -0.407. The first-order chi connectivity index (χ1) is 15.0. The molecule has 3 heterocycles. The second-order valence-electron chi connectivity index (χ2n) is 8.43. The molecule has 2 aromatic heterocycles.